The highest BCUT2D eigenvalue weighted by Crippen LogP contribution is 2.31. The Bertz CT molecular complexity index is 1220. The highest BCUT2D eigenvalue weighted by atomic mass is 19.4. The second-order valence-electron chi connectivity index (χ2n) is 9.03. The van der Waals surface area contributed by atoms with Gasteiger partial charge in [0.1, 0.15) is 17.7 Å². The van der Waals surface area contributed by atoms with Gasteiger partial charge in [-0.05, 0) is 55.2 Å². The summed E-state index contributed by atoms with van der Waals surface area (Å²) in [5.74, 6) is -1.43. The van der Waals surface area contributed by atoms with E-state index in [4.69, 9.17) is 0 Å². The van der Waals surface area contributed by atoms with Gasteiger partial charge in [0, 0.05) is 30.8 Å². The molecule has 3 aromatic rings. The van der Waals surface area contributed by atoms with Crippen molar-refractivity contribution in [1.82, 2.24) is 24.8 Å². The maximum Gasteiger partial charge on any atom is 0.417 e. The molecular formula is C24H25F4N5O2. The van der Waals surface area contributed by atoms with Crippen LogP contribution in [-0.2, 0) is 11.0 Å². The summed E-state index contributed by atoms with van der Waals surface area (Å²) in [5, 5.41) is 10.8. The van der Waals surface area contributed by atoms with Crippen molar-refractivity contribution >= 4 is 17.5 Å². The van der Waals surface area contributed by atoms with Gasteiger partial charge in [-0.25, -0.2) is 4.39 Å². The van der Waals surface area contributed by atoms with Gasteiger partial charge in [0.2, 0.25) is 5.91 Å². The zero-order chi connectivity index (χ0) is 25.3. The number of pyridine rings is 1. The van der Waals surface area contributed by atoms with E-state index < -0.39 is 29.5 Å². The minimum atomic E-state index is -4.50. The molecule has 1 aliphatic heterocycles. The molecule has 4 rings (SSSR count). The first-order chi connectivity index (χ1) is 16.5. The SMILES string of the molecule is CC(C)[C@H](NC(=O)c1ccc(F)cc1)C(=O)N1CCC[C@H](c2nnc3ccc(C(F)(F)F)cn23)C1. The number of fused-ring (bicyclic) bond motifs is 1. The number of amides is 2. The molecule has 1 fully saturated rings. The van der Waals surface area contributed by atoms with E-state index >= 15 is 0 Å². The Kier molecular flexibility index (Phi) is 6.77. The molecule has 11 heteroatoms. The fourth-order valence-corrected chi connectivity index (χ4v) is 4.28. The number of hydrogen-bond acceptors (Lipinski definition) is 4. The predicted octanol–water partition coefficient (Wildman–Crippen LogP) is 4.05. The summed E-state index contributed by atoms with van der Waals surface area (Å²) >= 11 is 0. The Labute approximate surface area is 199 Å². The van der Waals surface area contributed by atoms with Crippen molar-refractivity contribution in [3.05, 3.63) is 65.4 Å². The molecule has 0 bridgehead atoms. The van der Waals surface area contributed by atoms with Crippen LogP contribution in [0.5, 0.6) is 0 Å². The Morgan fingerprint density at radius 2 is 1.80 bits per heavy atom. The first-order valence-electron chi connectivity index (χ1n) is 11.3. The van der Waals surface area contributed by atoms with Crippen molar-refractivity contribution in [2.45, 2.75) is 44.8 Å². The molecule has 1 saturated heterocycles. The van der Waals surface area contributed by atoms with E-state index in [2.05, 4.69) is 15.5 Å². The summed E-state index contributed by atoms with van der Waals surface area (Å²) in [5.41, 5.74) is -0.280. The van der Waals surface area contributed by atoms with Crippen molar-refractivity contribution < 1.29 is 27.2 Å². The van der Waals surface area contributed by atoms with Gasteiger partial charge in [0.05, 0.1) is 5.56 Å². The molecule has 0 spiro atoms. The minimum Gasteiger partial charge on any atom is -0.340 e. The van der Waals surface area contributed by atoms with Crippen molar-refractivity contribution in [2.24, 2.45) is 5.92 Å². The Morgan fingerprint density at radius 1 is 1.09 bits per heavy atom. The fourth-order valence-electron chi connectivity index (χ4n) is 4.28. The van der Waals surface area contributed by atoms with Gasteiger partial charge in [0.25, 0.3) is 5.91 Å². The van der Waals surface area contributed by atoms with Gasteiger partial charge in [-0.3, -0.25) is 14.0 Å². The number of hydrogen-bond donors (Lipinski definition) is 1. The van der Waals surface area contributed by atoms with Crippen LogP contribution < -0.4 is 5.32 Å². The maximum atomic E-state index is 13.4. The lowest BCUT2D eigenvalue weighted by molar-refractivity contribution is -0.138. The molecule has 35 heavy (non-hydrogen) atoms. The van der Waals surface area contributed by atoms with Crippen LogP contribution in [0.3, 0.4) is 0 Å². The molecule has 0 unspecified atom stereocenters. The number of alkyl halides is 3. The molecule has 0 aliphatic carbocycles. The summed E-state index contributed by atoms with van der Waals surface area (Å²) in [6, 6.07) is 6.43. The third-order valence-electron chi connectivity index (χ3n) is 6.18. The van der Waals surface area contributed by atoms with Crippen LogP contribution in [0.2, 0.25) is 0 Å². The third kappa shape index (κ3) is 5.28. The molecule has 0 saturated carbocycles. The van der Waals surface area contributed by atoms with Crippen molar-refractivity contribution in [3.63, 3.8) is 0 Å². The Morgan fingerprint density at radius 3 is 2.46 bits per heavy atom. The summed E-state index contributed by atoms with van der Waals surface area (Å²) in [4.78, 5) is 27.6. The monoisotopic (exact) mass is 491 g/mol. The molecule has 1 aromatic carbocycles. The van der Waals surface area contributed by atoms with Crippen molar-refractivity contribution in [1.29, 1.82) is 0 Å². The number of benzene rings is 1. The van der Waals surface area contributed by atoms with Gasteiger partial charge in [0.15, 0.2) is 5.65 Å². The van der Waals surface area contributed by atoms with Crippen LogP contribution in [0.15, 0.2) is 42.6 Å². The van der Waals surface area contributed by atoms with E-state index in [0.29, 0.717) is 30.9 Å². The number of nitrogens with zero attached hydrogens (tertiary/aromatic N) is 4. The zero-order valence-electron chi connectivity index (χ0n) is 19.2. The number of piperidine rings is 1. The molecule has 2 aromatic heterocycles. The molecular weight excluding hydrogens is 466 g/mol. The van der Waals surface area contributed by atoms with Crippen LogP contribution in [0.25, 0.3) is 5.65 Å². The quantitative estimate of drug-likeness (QED) is 0.547. The summed E-state index contributed by atoms with van der Waals surface area (Å²) in [6.45, 7) is 4.31. The number of carbonyl (C=O) groups excluding carboxylic acids is 2. The topological polar surface area (TPSA) is 79.6 Å². The molecule has 1 aliphatic rings. The normalized spacial score (nSPS) is 17.6. The summed E-state index contributed by atoms with van der Waals surface area (Å²) < 4.78 is 54.2. The third-order valence-corrected chi connectivity index (χ3v) is 6.18. The van der Waals surface area contributed by atoms with E-state index in [1.54, 1.807) is 18.7 Å². The lowest BCUT2D eigenvalue weighted by Gasteiger charge is -2.35. The average Bonchev–Trinajstić information content (AvgIpc) is 3.25. The maximum absolute atomic E-state index is 13.4. The number of aromatic nitrogens is 3. The number of likely N-dealkylation sites (tertiary alicyclic amines) is 1. The van der Waals surface area contributed by atoms with E-state index in [1.807, 2.05) is 0 Å². The van der Waals surface area contributed by atoms with Gasteiger partial charge < -0.3 is 10.2 Å². The molecule has 1 N–H and O–H groups in total. The number of halogens is 4. The van der Waals surface area contributed by atoms with Gasteiger partial charge in [-0.15, -0.1) is 10.2 Å². The summed E-state index contributed by atoms with van der Waals surface area (Å²) in [7, 11) is 0. The molecule has 186 valence electrons. The smallest absolute Gasteiger partial charge is 0.340 e. The van der Waals surface area contributed by atoms with Crippen LogP contribution in [0.1, 0.15) is 54.4 Å². The second-order valence-corrected chi connectivity index (χ2v) is 9.03. The minimum absolute atomic E-state index is 0.226. The van der Waals surface area contributed by atoms with Crippen LogP contribution in [0, 0.1) is 11.7 Å². The van der Waals surface area contributed by atoms with Gasteiger partial charge in [-0.1, -0.05) is 13.8 Å². The van der Waals surface area contributed by atoms with E-state index in [9.17, 15) is 27.2 Å². The van der Waals surface area contributed by atoms with E-state index in [-0.39, 0.29) is 29.9 Å². The first kappa shape index (κ1) is 24.6. The number of nitrogens with one attached hydrogen (secondary N) is 1. The van der Waals surface area contributed by atoms with E-state index in [1.165, 1.54) is 34.7 Å². The first-order valence-corrected chi connectivity index (χ1v) is 11.3. The van der Waals surface area contributed by atoms with Crippen molar-refractivity contribution in [2.75, 3.05) is 13.1 Å². The summed E-state index contributed by atoms with van der Waals surface area (Å²) in [6.07, 6.45) is -2.26. The Hall–Kier alpha value is -3.50. The standard InChI is InChI=1S/C24H25F4N5O2/c1-14(2)20(29-22(34)15-5-8-18(25)9-6-15)23(35)32-11-3-4-16(12-32)21-31-30-19-10-7-17(13-33(19)21)24(26,27)28/h5-10,13-14,16,20H,3-4,11-12H2,1-2H3,(H,29,34)/t16-,20-/m0/s1. The number of carbonyl (C=O) groups is 2. The largest absolute Gasteiger partial charge is 0.417 e. The highest BCUT2D eigenvalue weighted by Gasteiger charge is 2.35. The lowest BCUT2D eigenvalue weighted by atomic mass is 9.94. The van der Waals surface area contributed by atoms with Crippen LogP contribution in [0.4, 0.5) is 17.6 Å². The molecule has 2 amide bonds. The highest BCUT2D eigenvalue weighted by molar-refractivity contribution is 5.97. The second kappa shape index (κ2) is 9.63. The predicted molar refractivity (Wildman–Crippen MR) is 119 cm³/mol. The van der Waals surface area contributed by atoms with Gasteiger partial charge >= 0.3 is 6.18 Å². The van der Waals surface area contributed by atoms with Crippen LogP contribution in [-0.4, -0.2) is 50.4 Å². The molecule has 7 nitrogen and oxygen atoms in total. The molecule has 3 heterocycles. The number of rotatable bonds is 5. The molecule has 0 radical (unpaired) electrons. The van der Waals surface area contributed by atoms with Crippen molar-refractivity contribution in [3.8, 4) is 0 Å². The van der Waals surface area contributed by atoms with Crippen LogP contribution >= 0.6 is 0 Å². The van der Waals surface area contributed by atoms with Gasteiger partial charge in [-0.2, -0.15) is 13.2 Å². The Balaban J connectivity index is 1.53. The average molecular weight is 491 g/mol. The van der Waals surface area contributed by atoms with E-state index in [0.717, 1.165) is 12.3 Å². The fraction of sp³-hybridized carbons (Fsp3) is 0.417. The molecule has 2 atom stereocenters. The zero-order valence-corrected chi connectivity index (χ0v) is 19.2. The lowest BCUT2D eigenvalue weighted by Crippen LogP contribution is -2.53.